The Morgan fingerprint density at radius 2 is 1.79 bits per heavy atom. The Morgan fingerprint density at radius 3 is 2.50 bits per heavy atom. The van der Waals surface area contributed by atoms with E-state index < -0.39 is 0 Å². The Balaban J connectivity index is 1.48. The Kier molecular flexibility index (Phi) is 5.25. The van der Waals surface area contributed by atoms with Gasteiger partial charge in [0.15, 0.2) is 5.82 Å². The number of morpholine rings is 1. The van der Waals surface area contributed by atoms with Gasteiger partial charge in [-0.1, -0.05) is 12.1 Å². The Labute approximate surface area is 162 Å². The van der Waals surface area contributed by atoms with Gasteiger partial charge in [0.05, 0.1) is 18.9 Å². The van der Waals surface area contributed by atoms with Crippen molar-refractivity contribution in [2.24, 2.45) is 0 Å². The van der Waals surface area contributed by atoms with E-state index in [4.69, 9.17) is 4.74 Å². The molecular formula is C21H19FN4O2. The van der Waals surface area contributed by atoms with Crippen molar-refractivity contribution in [2.75, 3.05) is 36.5 Å². The number of halogens is 1. The second-order valence-electron chi connectivity index (χ2n) is 6.42. The van der Waals surface area contributed by atoms with Gasteiger partial charge in [0.25, 0.3) is 5.91 Å². The molecule has 4 rings (SSSR count). The number of benzene rings is 2. The summed E-state index contributed by atoms with van der Waals surface area (Å²) in [7, 11) is 0. The van der Waals surface area contributed by atoms with Crippen molar-refractivity contribution in [3.8, 4) is 11.3 Å². The smallest absolute Gasteiger partial charge is 0.255 e. The number of nitrogens with one attached hydrogen (secondary N) is 1. The summed E-state index contributed by atoms with van der Waals surface area (Å²) < 4.78 is 18.4. The monoisotopic (exact) mass is 378 g/mol. The molecule has 1 aromatic heterocycles. The first kappa shape index (κ1) is 18.1. The minimum atomic E-state index is -0.377. The van der Waals surface area contributed by atoms with Crippen molar-refractivity contribution in [1.82, 2.24) is 10.2 Å². The van der Waals surface area contributed by atoms with Gasteiger partial charge in [-0.2, -0.15) is 0 Å². The molecule has 0 atom stereocenters. The third kappa shape index (κ3) is 4.15. The molecule has 0 radical (unpaired) electrons. The molecule has 3 aromatic rings. The maximum absolute atomic E-state index is 13.0. The molecule has 1 aliphatic rings. The molecule has 1 saturated heterocycles. The molecule has 2 heterocycles. The van der Waals surface area contributed by atoms with E-state index >= 15 is 0 Å². The fourth-order valence-corrected chi connectivity index (χ4v) is 3.00. The quantitative estimate of drug-likeness (QED) is 0.754. The summed E-state index contributed by atoms with van der Waals surface area (Å²) in [4.78, 5) is 14.5. The number of carbonyl (C=O) groups excluding carboxylic acids is 1. The molecule has 1 N–H and O–H groups in total. The number of carbonyl (C=O) groups is 1. The maximum Gasteiger partial charge on any atom is 0.255 e. The summed E-state index contributed by atoms with van der Waals surface area (Å²) in [6.07, 6.45) is 0. The average molecular weight is 378 g/mol. The summed E-state index contributed by atoms with van der Waals surface area (Å²) in [5.41, 5.74) is 2.58. The summed E-state index contributed by atoms with van der Waals surface area (Å²) >= 11 is 0. The standard InChI is InChI=1S/C21H19FN4O2/c22-17-6-4-15(5-7-17)21(27)23-18-3-1-2-16(14-18)19-8-9-20(25-24-19)26-10-12-28-13-11-26/h1-9,14H,10-13H2,(H,23,27). The van der Waals surface area contributed by atoms with E-state index in [1.807, 2.05) is 30.3 Å². The van der Waals surface area contributed by atoms with E-state index in [-0.39, 0.29) is 11.7 Å². The van der Waals surface area contributed by atoms with Crippen molar-refractivity contribution < 1.29 is 13.9 Å². The molecule has 1 fully saturated rings. The summed E-state index contributed by atoms with van der Waals surface area (Å²) in [5.74, 6) is 0.149. The molecule has 0 saturated carbocycles. The highest BCUT2D eigenvalue weighted by Crippen LogP contribution is 2.22. The number of hydrogen-bond donors (Lipinski definition) is 1. The number of hydrogen-bond acceptors (Lipinski definition) is 5. The summed E-state index contributed by atoms with van der Waals surface area (Å²) in [5, 5.41) is 11.5. The van der Waals surface area contributed by atoms with Crippen LogP contribution < -0.4 is 10.2 Å². The first-order chi connectivity index (χ1) is 13.7. The lowest BCUT2D eigenvalue weighted by atomic mass is 10.1. The number of anilines is 2. The summed E-state index contributed by atoms with van der Waals surface area (Å²) in [6, 6.07) is 16.7. The van der Waals surface area contributed by atoms with Crippen LogP contribution in [0.3, 0.4) is 0 Å². The molecule has 7 heteroatoms. The zero-order valence-electron chi connectivity index (χ0n) is 15.1. The normalized spacial score (nSPS) is 14.0. The van der Waals surface area contributed by atoms with Crippen LogP contribution in [-0.4, -0.2) is 42.4 Å². The maximum atomic E-state index is 13.0. The zero-order valence-corrected chi connectivity index (χ0v) is 15.1. The highest BCUT2D eigenvalue weighted by Gasteiger charge is 2.13. The topological polar surface area (TPSA) is 67.4 Å². The first-order valence-electron chi connectivity index (χ1n) is 9.03. The number of ether oxygens (including phenoxy) is 1. The lowest BCUT2D eigenvalue weighted by Gasteiger charge is -2.27. The van der Waals surface area contributed by atoms with Crippen LogP contribution in [0.1, 0.15) is 10.4 Å². The van der Waals surface area contributed by atoms with E-state index in [0.29, 0.717) is 24.5 Å². The van der Waals surface area contributed by atoms with Gasteiger partial charge < -0.3 is 15.0 Å². The third-order valence-electron chi connectivity index (χ3n) is 4.51. The van der Waals surface area contributed by atoms with Crippen molar-refractivity contribution >= 4 is 17.4 Å². The number of rotatable bonds is 4. The van der Waals surface area contributed by atoms with Gasteiger partial charge in [-0.3, -0.25) is 4.79 Å². The van der Waals surface area contributed by atoms with Crippen LogP contribution in [-0.2, 0) is 4.74 Å². The van der Waals surface area contributed by atoms with E-state index in [2.05, 4.69) is 20.4 Å². The third-order valence-corrected chi connectivity index (χ3v) is 4.51. The second-order valence-corrected chi connectivity index (χ2v) is 6.42. The van der Waals surface area contributed by atoms with Gasteiger partial charge in [-0.25, -0.2) is 4.39 Å². The molecule has 2 aromatic carbocycles. The van der Waals surface area contributed by atoms with Gasteiger partial charge in [0.2, 0.25) is 0 Å². The predicted octanol–water partition coefficient (Wildman–Crippen LogP) is 3.37. The molecule has 0 aliphatic carbocycles. The van der Waals surface area contributed by atoms with Gasteiger partial charge in [-0.15, -0.1) is 10.2 Å². The van der Waals surface area contributed by atoms with E-state index in [9.17, 15) is 9.18 Å². The molecule has 142 valence electrons. The lowest BCUT2D eigenvalue weighted by molar-refractivity contribution is 0.102. The van der Waals surface area contributed by atoms with Crippen molar-refractivity contribution in [3.63, 3.8) is 0 Å². The minimum absolute atomic E-state index is 0.300. The Morgan fingerprint density at radius 1 is 1.00 bits per heavy atom. The largest absolute Gasteiger partial charge is 0.378 e. The molecule has 0 bridgehead atoms. The second kappa shape index (κ2) is 8.14. The lowest BCUT2D eigenvalue weighted by Crippen LogP contribution is -2.36. The van der Waals surface area contributed by atoms with Crippen LogP contribution in [0, 0.1) is 5.82 Å². The van der Waals surface area contributed by atoms with Crippen LogP contribution in [0.25, 0.3) is 11.3 Å². The molecule has 1 amide bonds. The van der Waals surface area contributed by atoms with Crippen LogP contribution >= 0.6 is 0 Å². The molecule has 6 nitrogen and oxygen atoms in total. The fourth-order valence-electron chi connectivity index (χ4n) is 3.00. The van der Waals surface area contributed by atoms with Gasteiger partial charge in [0, 0.05) is 29.9 Å². The number of amides is 1. The molecular weight excluding hydrogens is 359 g/mol. The first-order valence-corrected chi connectivity index (χ1v) is 9.03. The van der Waals surface area contributed by atoms with E-state index in [0.717, 1.165) is 30.2 Å². The Bertz CT molecular complexity index is 955. The fraction of sp³-hybridized carbons (Fsp3) is 0.190. The van der Waals surface area contributed by atoms with E-state index in [1.54, 1.807) is 6.07 Å². The highest BCUT2D eigenvalue weighted by molar-refractivity contribution is 6.04. The van der Waals surface area contributed by atoms with Crippen molar-refractivity contribution in [3.05, 3.63) is 72.0 Å². The molecule has 0 unspecified atom stereocenters. The van der Waals surface area contributed by atoms with Crippen LogP contribution in [0.2, 0.25) is 0 Å². The highest BCUT2D eigenvalue weighted by atomic mass is 19.1. The minimum Gasteiger partial charge on any atom is -0.378 e. The zero-order chi connectivity index (χ0) is 19.3. The summed E-state index contributed by atoms with van der Waals surface area (Å²) in [6.45, 7) is 3.00. The van der Waals surface area contributed by atoms with Crippen LogP contribution in [0.4, 0.5) is 15.9 Å². The van der Waals surface area contributed by atoms with Gasteiger partial charge in [0.1, 0.15) is 5.82 Å². The van der Waals surface area contributed by atoms with Crippen LogP contribution in [0.15, 0.2) is 60.7 Å². The van der Waals surface area contributed by atoms with Crippen molar-refractivity contribution in [1.29, 1.82) is 0 Å². The average Bonchev–Trinajstić information content (AvgIpc) is 2.75. The van der Waals surface area contributed by atoms with Gasteiger partial charge >= 0.3 is 0 Å². The van der Waals surface area contributed by atoms with Gasteiger partial charge in [-0.05, 0) is 48.5 Å². The van der Waals surface area contributed by atoms with Crippen molar-refractivity contribution in [2.45, 2.75) is 0 Å². The molecule has 1 aliphatic heterocycles. The molecule has 0 spiro atoms. The number of nitrogens with zero attached hydrogens (tertiary/aromatic N) is 3. The SMILES string of the molecule is O=C(Nc1cccc(-c2ccc(N3CCOCC3)nn2)c1)c1ccc(F)cc1. The van der Waals surface area contributed by atoms with Crippen LogP contribution in [0.5, 0.6) is 0 Å². The Hall–Kier alpha value is -3.32. The van der Waals surface area contributed by atoms with E-state index in [1.165, 1.54) is 24.3 Å². The number of aromatic nitrogens is 2. The molecule has 28 heavy (non-hydrogen) atoms. The predicted molar refractivity (Wildman–Crippen MR) is 105 cm³/mol.